The lowest BCUT2D eigenvalue weighted by molar-refractivity contribution is 0.177. The maximum Gasteiger partial charge on any atom is 0.00202 e. The van der Waals surface area contributed by atoms with E-state index in [9.17, 15) is 0 Å². The van der Waals surface area contributed by atoms with Gasteiger partial charge in [-0.15, -0.1) is 0 Å². The van der Waals surface area contributed by atoms with E-state index in [-0.39, 0.29) is 0 Å². The molecular formula is C16H30N2. The predicted molar refractivity (Wildman–Crippen MR) is 76.7 cm³/mol. The molecule has 0 radical (unpaired) electrons. The molecule has 1 aliphatic heterocycles. The molecule has 2 saturated carbocycles. The predicted octanol–water partition coefficient (Wildman–Crippen LogP) is 2.94. The van der Waals surface area contributed by atoms with Crippen molar-refractivity contribution < 1.29 is 0 Å². The fourth-order valence-corrected chi connectivity index (χ4v) is 4.18. The molecule has 1 saturated heterocycles. The summed E-state index contributed by atoms with van der Waals surface area (Å²) in [6, 6.07) is 0. The third kappa shape index (κ3) is 2.75. The van der Waals surface area contributed by atoms with Crippen LogP contribution in [-0.4, -0.2) is 26.2 Å². The van der Waals surface area contributed by atoms with Gasteiger partial charge in [-0.1, -0.05) is 13.3 Å². The fourth-order valence-electron chi connectivity index (χ4n) is 4.18. The van der Waals surface area contributed by atoms with E-state index in [4.69, 9.17) is 0 Å². The van der Waals surface area contributed by atoms with Crippen molar-refractivity contribution >= 4 is 0 Å². The number of nitrogens with one attached hydrogen (secondary N) is 2. The average Bonchev–Trinajstić information content (AvgIpc) is 3.25. The Labute approximate surface area is 112 Å². The molecule has 0 aromatic heterocycles. The van der Waals surface area contributed by atoms with E-state index in [0.717, 1.165) is 11.3 Å². The van der Waals surface area contributed by atoms with Crippen LogP contribution >= 0.6 is 0 Å². The van der Waals surface area contributed by atoms with Crippen LogP contribution < -0.4 is 10.6 Å². The summed E-state index contributed by atoms with van der Waals surface area (Å²) in [6.45, 7) is 7.37. The highest BCUT2D eigenvalue weighted by Crippen LogP contribution is 2.60. The van der Waals surface area contributed by atoms with Crippen molar-refractivity contribution in [2.24, 2.45) is 16.7 Å². The zero-order valence-electron chi connectivity index (χ0n) is 12.1. The average molecular weight is 250 g/mol. The Balaban J connectivity index is 1.47. The summed E-state index contributed by atoms with van der Waals surface area (Å²) in [5.41, 5.74) is 1.32. The molecule has 3 rings (SSSR count). The van der Waals surface area contributed by atoms with Gasteiger partial charge in [0.05, 0.1) is 0 Å². The van der Waals surface area contributed by atoms with Crippen molar-refractivity contribution in [1.82, 2.24) is 10.6 Å². The largest absolute Gasteiger partial charge is 0.316 e. The SMILES string of the molecule is CCCC1(CNCC2(C3CC3)CC2)CCCNC1. The van der Waals surface area contributed by atoms with Gasteiger partial charge in [-0.2, -0.15) is 0 Å². The number of hydrogen-bond acceptors (Lipinski definition) is 2. The van der Waals surface area contributed by atoms with E-state index < -0.39 is 0 Å². The van der Waals surface area contributed by atoms with Gasteiger partial charge in [-0.3, -0.25) is 0 Å². The molecule has 3 aliphatic rings. The van der Waals surface area contributed by atoms with E-state index in [1.54, 1.807) is 0 Å². The monoisotopic (exact) mass is 250 g/mol. The van der Waals surface area contributed by atoms with E-state index in [1.165, 1.54) is 77.5 Å². The Morgan fingerprint density at radius 1 is 1.17 bits per heavy atom. The van der Waals surface area contributed by atoms with E-state index in [2.05, 4.69) is 17.6 Å². The van der Waals surface area contributed by atoms with Crippen molar-refractivity contribution in [3.8, 4) is 0 Å². The highest BCUT2D eigenvalue weighted by atomic mass is 15.0. The standard InChI is InChI=1S/C16H30N2/c1-2-6-15(7-3-10-17-11-15)12-18-13-16(8-9-16)14-4-5-14/h14,17-18H,2-13H2,1H3. The van der Waals surface area contributed by atoms with E-state index in [1.807, 2.05) is 0 Å². The molecule has 0 amide bonds. The summed E-state index contributed by atoms with van der Waals surface area (Å²) < 4.78 is 0. The molecule has 104 valence electrons. The molecule has 1 atom stereocenters. The molecular weight excluding hydrogens is 220 g/mol. The first-order valence-electron chi connectivity index (χ1n) is 8.20. The van der Waals surface area contributed by atoms with Gasteiger partial charge in [0.2, 0.25) is 0 Å². The third-order valence-electron chi connectivity index (χ3n) is 5.65. The first-order valence-corrected chi connectivity index (χ1v) is 8.20. The van der Waals surface area contributed by atoms with Crippen LogP contribution in [0.2, 0.25) is 0 Å². The normalized spacial score (nSPS) is 34.5. The van der Waals surface area contributed by atoms with Gasteiger partial charge in [0.25, 0.3) is 0 Å². The Hall–Kier alpha value is -0.0800. The Morgan fingerprint density at radius 3 is 2.56 bits per heavy atom. The minimum atomic E-state index is 0.562. The zero-order chi connectivity index (χ0) is 12.5. The van der Waals surface area contributed by atoms with Crippen molar-refractivity contribution in [2.45, 2.75) is 58.3 Å². The lowest BCUT2D eigenvalue weighted by Crippen LogP contribution is -2.47. The van der Waals surface area contributed by atoms with Gasteiger partial charge in [0.1, 0.15) is 0 Å². The van der Waals surface area contributed by atoms with Crippen molar-refractivity contribution in [2.75, 3.05) is 26.2 Å². The third-order valence-corrected chi connectivity index (χ3v) is 5.65. The molecule has 3 fully saturated rings. The lowest BCUT2D eigenvalue weighted by Gasteiger charge is -2.38. The van der Waals surface area contributed by atoms with Crippen LogP contribution in [0.25, 0.3) is 0 Å². The summed E-state index contributed by atoms with van der Waals surface area (Å²) in [7, 11) is 0. The quantitative estimate of drug-likeness (QED) is 0.726. The van der Waals surface area contributed by atoms with Crippen molar-refractivity contribution in [3.05, 3.63) is 0 Å². The maximum absolute atomic E-state index is 3.86. The van der Waals surface area contributed by atoms with Gasteiger partial charge in [-0.25, -0.2) is 0 Å². The topological polar surface area (TPSA) is 24.1 Å². The van der Waals surface area contributed by atoms with Crippen LogP contribution in [-0.2, 0) is 0 Å². The first kappa shape index (κ1) is 12.9. The zero-order valence-corrected chi connectivity index (χ0v) is 12.1. The second-order valence-electron chi connectivity index (χ2n) is 7.27. The highest BCUT2D eigenvalue weighted by molar-refractivity contribution is 5.05. The van der Waals surface area contributed by atoms with Crippen LogP contribution in [0.4, 0.5) is 0 Å². The molecule has 1 heterocycles. The van der Waals surface area contributed by atoms with Crippen LogP contribution in [0.5, 0.6) is 0 Å². The smallest absolute Gasteiger partial charge is 0.00202 e. The Bertz CT molecular complexity index is 267. The molecule has 0 aromatic rings. The van der Waals surface area contributed by atoms with Crippen LogP contribution in [0, 0.1) is 16.7 Å². The number of piperidine rings is 1. The first-order chi connectivity index (χ1) is 8.79. The summed E-state index contributed by atoms with van der Waals surface area (Å²) in [6.07, 6.45) is 11.6. The minimum absolute atomic E-state index is 0.562. The Morgan fingerprint density at radius 2 is 2.00 bits per heavy atom. The van der Waals surface area contributed by atoms with Gasteiger partial charge in [0.15, 0.2) is 0 Å². The molecule has 0 bridgehead atoms. The molecule has 0 aromatic carbocycles. The second-order valence-corrected chi connectivity index (χ2v) is 7.27. The molecule has 1 unspecified atom stereocenters. The van der Waals surface area contributed by atoms with Crippen LogP contribution in [0.15, 0.2) is 0 Å². The van der Waals surface area contributed by atoms with E-state index in [0.29, 0.717) is 5.41 Å². The van der Waals surface area contributed by atoms with Gasteiger partial charge < -0.3 is 10.6 Å². The summed E-state index contributed by atoms with van der Waals surface area (Å²) in [4.78, 5) is 0. The number of hydrogen-bond donors (Lipinski definition) is 2. The molecule has 2 heteroatoms. The lowest BCUT2D eigenvalue weighted by atomic mass is 9.77. The minimum Gasteiger partial charge on any atom is -0.316 e. The summed E-state index contributed by atoms with van der Waals surface area (Å²) in [5.74, 6) is 1.09. The van der Waals surface area contributed by atoms with Crippen LogP contribution in [0.1, 0.15) is 58.3 Å². The van der Waals surface area contributed by atoms with Crippen LogP contribution in [0.3, 0.4) is 0 Å². The maximum atomic E-state index is 3.86. The van der Waals surface area contributed by atoms with Gasteiger partial charge in [-0.05, 0) is 68.2 Å². The molecule has 18 heavy (non-hydrogen) atoms. The van der Waals surface area contributed by atoms with Crippen molar-refractivity contribution in [1.29, 1.82) is 0 Å². The number of rotatable bonds is 7. The van der Waals surface area contributed by atoms with Gasteiger partial charge in [0, 0.05) is 19.6 Å². The van der Waals surface area contributed by atoms with Crippen molar-refractivity contribution in [3.63, 3.8) is 0 Å². The molecule has 0 spiro atoms. The highest BCUT2D eigenvalue weighted by Gasteiger charge is 2.53. The molecule has 2 nitrogen and oxygen atoms in total. The molecule has 2 aliphatic carbocycles. The Kier molecular flexibility index (Phi) is 3.68. The summed E-state index contributed by atoms with van der Waals surface area (Å²) in [5, 5.41) is 7.48. The van der Waals surface area contributed by atoms with E-state index >= 15 is 0 Å². The second kappa shape index (κ2) is 5.13. The summed E-state index contributed by atoms with van der Waals surface area (Å²) >= 11 is 0. The van der Waals surface area contributed by atoms with Gasteiger partial charge >= 0.3 is 0 Å². The molecule has 2 N–H and O–H groups in total. The fraction of sp³-hybridized carbons (Fsp3) is 1.00.